The zero-order valence-electron chi connectivity index (χ0n) is 15.4. The van der Waals surface area contributed by atoms with Gasteiger partial charge < -0.3 is 20.5 Å². The number of piperidine rings is 1. The molecule has 142 valence electrons. The molecule has 0 unspecified atom stereocenters. The van der Waals surface area contributed by atoms with Crippen LogP contribution in [-0.2, 0) is 21.6 Å². The molecule has 2 atom stereocenters. The van der Waals surface area contributed by atoms with E-state index in [4.69, 9.17) is 4.74 Å². The highest BCUT2D eigenvalue weighted by Crippen LogP contribution is 2.49. The fraction of sp³-hybridized carbons (Fsp3) is 0.409. The molecule has 1 fully saturated rings. The summed E-state index contributed by atoms with van der Waals surface area (Å²) < 4.78 is 5.55. The van der Waals surface area contributed by atoms with E-state index in [0.717, 1.165) is 37.1 Å². The van der Waals surface area contributed by atoms with Gasteiger partial charge in [-0.25, -0.2) is 0 Å². The molecule has 1 aliphatic carbocycles. The van der Waals surface area contributed by atoms with Gasteiger partial charge in [0.1, 0.15) is 6.61 Å². The van der Waals surface area contributed by atoms with E-state index in [1.807, 2.05) is 48.5 Å². The van der Waals surface area contributed by atoms with Crippen LogP contribution < -0.4 is 10.6 Å². The first-order valence-corrected chi connectivity index (χ1v) is 9.60. The Balaban J connectivity index is 1.43. The molecule has 0 aromatic heterocycles. The quantitative estimate of drug-likeness (QED) is 0.758. The van der Waals surface area contributed by atoms with Crippen molar-refractivity contribution in [2.75, 3.05) is 19.7 Å². The predicted octanol–water partition coefficient (Wildman–Crippen LogP) is 2.06. The minimum absolute atomic E-state index is 0.0190. The first-order chi connectivity index (χ1) is 13.2. The molecule has 0 saturated carbocycles. The molecule has 1 spiro atoms. The van der Waals surface area contributed by atoms with Gasteiger partial charge in [-0.15, -0.1) is 0 Å². The summed E-state index contributed by atoms with van der Waals surface area (Å²) in [6.45, 7) is 2.14. The number of benzene rings is 2. The second-order valence-corrected chi connectivity index (χ2v) is 7.46. The van der Waals surface area contributed by atoms with Gasteiger partial charge in [-0.3, -0.25) is 4.79 Å². The smallest absolute Gasteiger partial charge is 0.246 e. The Morgan fingerprint density at radius 2 is 1.81 bits per heavy atom. The van der Waals surface area contributed by atoms with E-state index in [1.165, 1.54) is 5.56 Å². The van der Waals surface area contributed by atoms with Gasteiger partial charge in [0.2, 0.25) is 5.91 Å². The number of rotatable bonds is 5. The zero-order valence-corrected chi connectivity index (χ0v) is 15.4. The molecule has 1 amide bonds. The average molecular weight is 366 g/mol. The molecule has 27 heavy (non-hydrogen) atoms. The van der Waals surface area contributed by atoms with Crippen LogP contribution in [0.5, 0.6) is 0 Å². The Labute approximate surface area is 159 Å². The third-order valence-corrected chi connectivity index (χ3v) is 5.87. The van der Waals surface area contributed by atoms with Crippen LogP contribution in [0.1, 0.15) is 35.6 Å². The second-order valence-electron chi connectivity index (χ2n) is 7.46. The molecule has 2 aromatic rings. The van der Waals surface area contributed by atoms with Gasteiger partial charge in [-0.05, 0) is 42.6 Å². The summed E-state index contributed by atoms with van der Waals surface area (Å²) in [5.74, 6) is -0.198. The van der Waals surface area contributed by atoms with Gasteiger partial charge in [-0.2, -0.15) is 0 Å². The molecule has 1 aliphatic heterocycles. The molecule has 3 N–H and O–H groups in total. The van der Waals surface area contributed by atoms with Crippen molar-refractivity contribution in [3.05, 3.63) is 71.3 Å². The molecule has 2 aliphatic rings. The first kappa shape index (κ1) is 18.2. The maximum Gasteiger partial charge on any atom is 0.246 e. The summed E-state index contributed by atoms with van der Waals surface area (Å²) in [5.41, 5.74) is 2.97. The Kier molecular flexibility index (Phi) is 5.25. The monoisotopic (exact) mass is 366 g/mol. The van der Waals surface area contributed by atoms with Crippen molar-refractivity contribution in [2.45, 2.75) is 37.0 Å². The van der Waals surface area contributed by atoms with E-state index in [9.17, 15) is 9.90 Å². The highest BCUT2D eigenvalue weighted by molar-refractivity contribution is 5.78. The number of hydrogen-bond donors (Lipinski definition) is 3. The number of fused-ring (bicyclic) bond motifs is 2. The summed E-state index contributed by atoms with van der Waals surface area (Å²) in [4.78, 5) is 12.5. The highest BCUT2D eigenvalue weighted by Gasteiger charge is 2.51. The summed E-state index contributed by atoms with van der Waals surface area (Å²) >= 11 is 0. The molecule has 4 rings (SSSR count). The number of nitrogens with one attached hydrogen (secondary N) is 2. The highest BCUT2D eigenvalue weighted by atomic mass is 16.5. The minimum atomic E-state index is -0.616. The lowest BCUT2D eigenvalue weighted by Crippen LogP contribution is -2.48. The molecule has 2 aromatic carbocycles. The SMILES string of the molecule is O=C(COCc1ccccc1)N[C@@H]1c2ccccc2C2(CCNCC2)[C@H]1O. The lowest BCUT2D eigenvalue weighted by Gasteiger charge is -2.38. The van der Waals surface area contributed by atoms with Crippen LogP contribution in [0.2, 0.25) is 0 Å². The summed E-state index contributed by atoms with van der Waals surface area (Å²) in [6, 6.07) is 17.5. The van der Waals surface area contributed by atoms with Gasteiger partial charge in [-0.1, -0.05) is 54.6 Å². The summed E-state index contributed by atoms with van der Waals surface area (Å²) in [6.07, 6.45) is 1.14. The van der Waals surface area contributed by atoms with Crippen LogP contribution >= 0.6 is 0 Å². The first-order valence-electron chi connectivity index (χ1n) is 9.60. The molecule has 1 heterocycles. The minimum Gasteiger partial charge on any atom is -0.390 e. The van der Waals surface area contributed by atoms with Crippen molar-refractivity contribution >= 4 is 5.91 Å². The van der Waals surface area contributed by atoms with Gasteiger partial charge in [0, 0.05) is 5.41 Å². The zero-order chi connectivity index (χ0) is 18.7. The number of hydrogen-bond acceptors (Lipinski definition) is 4. The Morgan fingerprint density at radius 3 is 2.59 bits per heavy atom. The Hall–Kier alpha value is -2.21. The second kappa shape index (κ2) is 7.80. The normalized spacial score (nSPS) is 23.1. The Morgan fingerprint density at radius 1 is 1.11 bits per heavy atom. The fourth-order valence-electron chi connectivity index (χ4n) is 4.52. The average Bonchev–Trinajstić information content (AvgIpc) is 2.92. The maximum atomic E-state index is 12.5. The van der Waals surface area contributed by atoms with Crippen LogP contribution in [0.25, 0.3) is 0 Å². The number of ether oxygens (including phenoxy) is 1. The van der Waals surface area contributed by atoms with Crippen molar-refractivity contribution in [3.8, 4) is 0 Å². The van der Waals surface area contributed by atoms with Crippen molar-refractivity contribution in [2.24, 2.45) is 0 Å². The van der Waals surface area contributed by atoms with E-state index in [-0.39, 0.29) is 24.0 Å². The van der Waals surface area contributed by atoms with Crippen LogP contribution in [0, 0.1) is 0 Å². The molecule has 1 saturated heterocycles. The topological polar surface area (TPSA) is 70.6 Å². The van der Waals surface area contributed by atoms with Gasteiger partial charge in [0.05, 0.1) is 18.8 Å². The molecular weight excluding hydrogens is 340 g/mol. The van der Waals surface area contributed by atoms with E-state index in [2.05, 4.69) is 16.7 Å². The van der Waals surface area contributed by atoms with Crippen molar-refractivity contribution < 1.29 is 14.6 Å². The van der Waals surface area contributed by atoms with Gasteiger partial charge in [0.25, 0.3) is 0 Å². The van der Waals surface area contributed by atoms with Crippen LogP contribution in [-0.4, -0.2) is 36.8 Å². The number of aliphatic hydroxyl groups is 1. The van der Waals surface area contributed by atoms with Crippen molar-refractivity contribution in [1.29, 1.82) is 0 Å². The van der Waals surface area contributed by atoms with Crippen LogP contribution in [0.3, 0.4) is 0 Å². The van der Waals surface area contributed by atoms with E-state index in [1.54, 1.807) is 0 Å². The molecule has 5 heteroatoms. The molecule has 5 nitrogen and oxygen atoms in total. The lowest BCUT2D eigenvalue weighted by molar-refractivity contribution is -0.128. The fourth-order valence-corrected chi connectivity index (χ4v) is 4.52. The molecule has 0 radical (unpaired) electrons. The molecule has 0 bridgehead atoms. The number of amides is 1. The van der Waals surface area contributed by atoms with Crippen molar-refractivity contribution in [3.63, 3.8) is 0 Å². The number of aliphatic hydroxyl groups excluding tert-OH is 1. The Bertz CT molecular complexity index is 787. The predicted molar refractivity (Wildman–Crippen MR) is 103 cm³/mol. The third-order valence-electron chi connectivity index (χ3n) is 5.87. The largest absolute Gasteiger partial charge is 0.390 e. The summed E-state index contributed by atoms with van der Waals surface area (Å²) in [7, 11) is 0. The van der Waals surface area contributed by atoms with Gasteiger partial charge >= 0.3 is 0 Å². The number of carbonyl (C=O) groups is 1. The third kappa shape index (κ3) is 3.50. The van der Waals surface area contributed by atoms with E-state index < -0.39 is 6.10 Å². The summed E-state index contributed by atoms with van der Waals surface area (Å²) in [5, 5.41) is 17.5. The van der Waals surface area contributed by atoms with E-state index >= 15 is 0 Å². The van der Waals surface area contributed by atoms with Crippen LogP contribution in [0.15, 0.2) is 54.6 Å². The lowest BCUT2D eigenvalue weighted by atomic mass is 9.72. The van der Waals surface area contributed by atoms with E-state index in [0.29, 0.717) is 6.61 Å². The van der Waals surface area contributed by atoms with Crippen molar-refractivity contribution in [1.82, 2.24) is 10.6 Å². The van der Waals surface area contributed by atoms with Crippen LogP contribution in [0.4, 0.5) is 0 Å². The number of carbonyl (C=O) groups excluding carboxylic acids is 1. The maximum absolute atomic E-state index is 12.5. The van der Waals surface area contributed by atoms with Gasteiger partial charge in [0.15, 0.2) is 0 Å². The molecular formula is C22H26N2O3. The standard InChI is InChI=1S/C22H26N2O3/c25-19(15-27-14-16-6-2-1-3-7-16)24-20-17-8-4-5-9-18(17)22(21(20)26)10-12-23-13-11-22/h1-9,20-21,23,26H,10-15H2,(H,24,25)/t20-,21+/m1/s1.